The van der Waals surface area contributed by atoms with Crippen molar-refractivity contribution in [3.8, 4) is 5.75 Å². The molecule has 2 amide bonds. The third-order valence-electron chi connectivity index (χ3n) is 3.93. The fourth-order valence-corrected chi connectivity index (χ4v) is 2.15. The molecular formula is C21H26N2O3. The summed E-state index contributed by atoms with van der Waals surface area (Å²) in [5, 5.41) is 5.66. The second-order valence-electron chi connectivity index (χ2n) is 7.37. The third-order valence-corrected chi connectivity index (χ3v) is 3.93. The van der Waals surface area contributed by atoms with E-state index in [1.807, 2.05) is 52.8 Å². The number of carbonyl (C=O) groups is 2. The molecule has 0 saturated carbocycles. The van der Waals surface area contributed by atoms with Gasteiger partial charge in [-0.05, 0) is 49.2 Å². The Hall–Kier alpha value is -2.82. The van der Waals surface area contributed by atoms with Gasteiger partial charge >= 0.3 is 0 Å². The summed E-state index contributed by atoms with van der Waals surface area (Å²) in [7, 11) is 0. The molecule has 0 aromatic heterocycles. The maximum Gasteiger partial charge on any atom is 0.262 e. The summed E-state index contributed by atoms with van der Waals surface area (Å²) in [6.07, 6.45) is 0. The molecular weight excluding hydrogens is 328 g/mol. The summed E-state index contributed by atoms with van der Waals surface area (Å²) in [5.41, 5.74) is 3.19. The first-order valence-electron chi connectivity index (χ1n) is 8.56. The van der Waals surface area contributed by atoms with Gasteiger partial charge in [-0.1, -0.05) is 32.9 Å². The van der Waals surface area contributed by atoms with Crippen molar-refractivity contribution in [3.63, 3.8) is 0 Å². The number of carbonyl (C=O) groups excluding carboxylic acids is 2. The van der Waals surface area contributed by atoms with Crippen LogP contribution in [0.25, 0.3) is 0 Å². The molecule has 0 aliphatic rings. The predicted molar refractivity (Wildman–Crippen MR) is 105 cm³/mol. The van der Waals surface area contributed by atoms with E-state index in [2.05, 4.69) is 10.6 Å². The van der Waals surface area contributed by atoms with Gasteiger partial charge in [-0.15, -0.1) is 0 Å². The molecule has 2 aromatic rings. The van der Waals surface area contributed by atoms with Crippen LogP contribution in [0.15, 0.2) is 42.5 Å². The van der Waals surface area contributed by atoms with Crippen LogP contribution >= 0.6 is 0 Å². The Morgan fingerprint density at radius 2 is 1.62 bits per heavy atom. The molecule has 0 fully saturated rings. The zero-order chi connectivity index (χ0) is 19.3. The van der Waals surface area contributed by atoms with Gasteiger partial charge in [0.2, 0.25) is 5.91 Å². The number of benzene rings is 2. The topological polar surface area (TPSA) is 67.4 Å². The average Bonchev–Trinajstić information content (AvgIpc) is 2.56. The molecule has 0 aliphatic carbocycles. The molecule has 0 spiro atoms. The first-order chi connectivity index (χ1) is 12.1. The van der Waals surface area contributed by atoms with Crippen molar-refractivity contribution in [2.75, 3.05) is 17.2 Å². The Balaban J connectivity index is 1.92. The van der Waals surface area contributed by atoms with E-state index in [-0.39, 0.29) is 18.4 Å². The monoisotopic (exact) mass is 354 g/mol. The van der Waals surface area contributed by atoms with Crippen LogP contribution in [0.3, 0.4) is 0 Å². The molecule has 0 bridgehead atoms. The lowest BCUT2D eigenvalue weighted by molar-refractivity contribution is -0.123. The molecule has 26 heavy (non-hydrogen) atoms. The van der Waals surface area contributed by atoms with Crippen molar-refractivity contribution < 1.29 is 14.3 Å². The minimum absolute atomic E-state index is 0.0814. The van der Waals surface area contributed by atoms with Gasteiger partial charge in [0.25, 0.3) is 5.91 Å². The van der Waals surface area contributed by atoms with Crippen LogP contribution in [0.4, 0.5) is 11.4 Å². The molecule has 2 rings (SSSR count). The van der Waals surface area contributed by atoms with Crippen LogP contribution in [0.1, 0.15) is 31.9 Å². The SMILES string of the molecule is Cc1ccc(NC(=O)COc2cccc(NC(=O)C(C)(C)C)c2)cc1C. The standard InChI is InChI=1S/C21H26N2O3/c1-14-9-10-17(11-15(14)2)22-19(24)13-26-18-8-6-7-16(12-18)23-20(25)21(3,4)5/h6-12H,13H2,1-5H3,(H,22,24)(H,23,25). The van der Waals surface area contributed by atoms with Gasteiger partial charge in [0.05, 0.1) is 0 Å². The van der Waals surface area contributed by atoms with Crippen molar-refractivity contribution in [2.24, 2.45) is 5.41 Å². The van der Waals surface area contributed by atoms with Gasteiger partial charge in [-0.3, -0.25) is 9.59 Å². The van der Waals surface area contributed by atoms with Gasteiger partial charge in [0.1, 0.15) is 5.75 Å². The van der Waals surface area contributed by atoms with Crippen LogP contribution in [0, 0.1) is 19.3 Å². The molecule has 0 aliphatic heterocycles. The van der Waals surface area contributed by atoms with Crippen molar-refractivity contribution in [1.82, 2.24) is 0 Å². The van der Waals surface area contributed by atoms with Crippen molar-refractivity contribution in [1.29, 1.82) is 0 Å². The maximum atomic E-state index is 12.1. The molecule has 5 nitrogen and oxygen atoms in total. The minimum atomic E-state index is -0.483. The Kier molecular flexibility index (Phi) is 6.03. The Bertz CT molecular complexity index is 807. The number of anilines is 2. The van der Waals surface area contributed by atoms with Gasteiger partial charge in [-0.2, -0.15) is 0 Å². The molecule has 5 heteroatoms. The molecule has 0 radical (unpaired) electrons. The van der Waals surface area contributed by atoms with E-state index in [0.29, 0.717) is 11.4 Å². The number of hydrogen-bond acceptors (Lipinski definition) is 3. The Labute approximate surface area is 154 Å². The van der Waals surface area contributed by atoms with Crippen LogP contribution < -0.4 is 15.4 Å². The zero-order valence-electron chi connectivity index (χ0n) is 16.0. The molecule has 0 unspecified atom stereocenters. The lowest BCUT2D eigenvalue weighted by Gasteiger charge is -2.18. The molecule has 2 N–H and O–H groups in total. The lowest BCUT2D eigenvalue weighted by Crippen LogP contribution is -2.27. The van der Waals surface area contributed by atoms with Crippen LogP contribution in [-0.4, -0.2) is 18.4 Å². The van der Waals surface area contributed by atoms with Gasteiger partial charge in [0, 0.05) is 22.9 Å². The largest absolute Gasteiger partial charge is 0.484 e. The highest BCUT2D eigenvalue weighted by molar-refractivity contribution is 5.94. The summed E-state index contributed by atoms with van der Waals surface area (Å²) in [4.78, 5) is 24.1. The number of ether oxygens (including phenoxy) is 1. The summed E-state index contributed by atoms with van der Waals surface area (Å²) < 4.78 is 5.54. The normalized spacial score (nSPS) is 11.0. The van der Waals surface area contributed by atoms with E-state index in [1.54, 1.807) is 24.3 Å². The summed E-state index contributed by atoms with van der Waals surface area (Å²) >= 11 is 0. The van der Waals surface area contributed by atoms with Crippen molar-refractivity contribution >= 4 is 23.2 Å². The number of nitrogens with one attached hydrogen (secondary N) is 2. The van der Waals surface area contributed by atoms with Crippen molar-refractivity contribution in [2.45, 2.75) is 34.6 Å². The second kappa shape index (κ2) is 8.04. The Morgan fingerprint density at radius 3 is 2.27 bits per heavy atom. The molecule has 2 aromatic carbocycles. The number of aryl methyl sites for hydroxylation is 2. The van der Waals surface area contributed by atoms with Crippen molar-refractivity contribution in [3.05, 3.63) is 53.6 Å². The highest BCUT2D eigenvalue weighted by Crippen LogP contribution is 2.21. The minimum Gasteiger partial charge on any atom is -0.484 e. The fourth-order valence-electron chi connectivity index (χ4n) is 2.15. The number of hydrogen-bond donors (Lipinski definition) is 2. The van der Waals surface area contributed by atoms with Gasteiger partial charge < -0.3 is 15.4 Å². The molecule has 0 saturated heterocycles. The Morgan fingerprint density at radius 1 is 0.923 bits per heavy atom. The second-order valence-corrected chi connectivity index (χ2v) is 7.37. The van der Waals surface area contributed by atoms with Gasteiger partial charge in [-0.25, -0.2) is 0 Å². The molecule has 0 atom stereocenters. The fraction of sp³-hybridized carbons (Fsp3) is 0.333. The first kappa shape index (κ1) is 19.5. The first-order valence-corrected chi connectivity index (χ1v) is 8.56. The maximum absolute atomic E-state index is 12.1. The van der Waals surface area contributed by atoms with Crippen LogP contribution in [-0.2, 0) is 9.59 Å². The smallest absolute Gasteiger partial charge is 0.262 e. The third kappa shape index (κ3) is 5.62. The van der Waals surface area contributed by atoms with E-state index in [4.69, 9.17) is 4.74 Å². The van der Waals surface area contributed by atoms with E-state index >= 15 is 0 Å². The van der Waals surface area contributed by atoms with Crippen LogP contribution in [0.2, 0.25) is 0 Å². The van der Waals surface area contributed by atoms with E-state index < -0.39 is 5.41 Å². The molecule has 0 heterocycles. The number of rotatable bonds is 5. The quantitative estimate of drug-likeness (QED) is 0.841. The van der Waals surface area contributed by atoms with Crippen LogP contribution in [0.5, 0.6) is 5.75 Å². The highest BCUT2D eigenvalue weighted by Gasteiger charge is 2.21. The lowest BCUT2D eigenvalue weighted by atomic mass is 9.95. The summed E-state index contributed by atoms with van der Waals surface area (Å²) in [6, 6.07) is 12.8. The zero-order valence-corrected chi connectivity index (χ0v) is 16.0. The highest BCUT2D eigenvalue weighted by atomic mass is 16.5. The molecule has 138 valence electrons. The van der Waals surface area contributed by atoms with E-state index in [9.17, 15) is 9.59 Å². The number of amides is 2. The predicted octanol–water partition coefficient (Wildman–Crippen LogP) is 4.31. The summed E-state index contributed by atoms with van der Waals surface area (Å²) in [6.45, 7) is 9.46. The van der Waals surface area contributed by atoms with E-state index in [0.717, 1.165) is 11.3 Å². The van der Waals surface area contributed by atoms with Gasteiger partial charge in [0.15, 0.2) is 6.61 Å². The average molecular weight is 354 g/mol. The summed E-state index contributed by atoms with van der Waals surface area (Å²) in [5.74, 6) is 0.200. The van der Waals surface area contributed by atoms with E-state index in [1.165, 1.54) is 5.56 Å².